The predicted octanol–water partition coefficient (Wildman–Crippen LogP) is 2.23. The summed E-state index contributed by atoms with van der Waals surface area (Å²) in [6.45, 7) is 6.34. The van der Waals surface area contributed by atoms with Crippen molar-refractivity contribution in [2.45, 2.75) is 39.0 Å². The lowest BCUT2D eigenvalue weighted by molar-refractivity contribution is 0.561. The first-order valence-corrected chi connectivity index (χ1v) is 4.73. The average Bonchev–Trinajstić information content (AvgIpc) is 2.14. The van der Waals surface area contributed by atoms with Crippen molar-refractivity contribution >= 4 is 0 Å². The Morgan fingerprint density at radius 2 is 2.14 bits per heavy atom. The minimum absolute atomic E-state index is 0.0460. The molecule has 0 aliphatic heterocycles. The average molecular weight is 189 g/mol. The minimum Gasteiger partial charge on any atom is -0.241 e. The third-order valence-corrected chi connectivity index (χ3v) is 1.93. The molecule has 0 radical (unpaired) electrons. The van der Waals surface area contributed by atoms with Crippen LogP contribution >= 0.6 is 0 Å². The van der Waals surface area contributed by atoms with E-state index in [0.29, 0.717) is 12.8 Å². The normalized spacial score (nSPS) is 11.0. The Balaban J connectivity index is 2.86. The molecule has 3 nitrogen and oxygen atoms in total. The lowest BCUT2D eigenvalue weighted by Gasteiger charge is -2.17. The second-order valence-electron chi connectivity index (χ2n) is 4.27. The molecule has 0 spiro atoms. The summed E-state index contributed by atoms with van der Waals surface area (Å²) >= 11 is 0. The quantitative estimate of drug-likeness (QED) is 0.716. The van der Waals surface area contributed by atoms with Gasteiger partial charge in [-0.05, 0) is 6.07 Å². The van der Waals surface area contributed by atoms with Crippen LogP contribution in [0, 0.1) is 11.3 Å². The van der Waals surface area contributed by atoms with Crippen LogP contribution in [0.4, 0.5) is 0 Å². The highest BCUT2D eigenvalue weighted by Crippen LogP contribution is 2.19. The predicted molar refractivity (Wildman–Crippen MR) is 54.7 cm³/mol. The van der Waals surface area contributed by atoms with E-state index in [1.807, 2.05) is 6.07 Å². The van der Waals surface area contributed by atoms with Crippen molar-refractivity contribution in [3.05, 3.63) is 23.8 Å². The molecular weight excluding hydrogens is 174 g/mol. The molecule has 74 valence electrons. The smallest absolute Gasteiger partial charge is 0.129 e. The van der Waals surface area contributed by atoms with Crippen LogP contribution in [0.15, 0.2) is 12.3 Å². The molecule has 0 aliphatic rings. The molecule has 1 aromatic rings. The maximum atomic E-state index is 8.45. The Labute approximate surface area is 84.8 Å². The van der Waals surface area contributed by atoms with Gasteiger partial charge in [0, 0.05) is 30.1 Å². The van der Waals surface area contributed by atoms with Gasteiger partial charge in [-0.25, -0.2) is 9.97 Å². The van der Waals surface area contributed by atoms with Gasteiger partial charge in [-0.2, -0.15) is 5.26 Å². The summed E-state index contributed by atoms with van der Waals surface area (Å²) in [4.78, 5) is 8.55. The van der Waals surface area contributed by atoms with Crippen molar-refractivity contribution in [3.8, 4) is 6.07 Å². The lowest BCUT2D eigenvalue weighted by Crippen LogP contribution is -2.15. The molecule has 0 saturated heterocycles. The molecule has 0 N–H and O–H groups in total. The molecule has 0 fully saturated rings. The highest BCUT2D eigenvalue weighted by atomic mass is 14.9. The van der Waals surface area contributed by atoms with Crippen LogP contribution in [0.5, 0.6) is 0 Å². The number of aromatic nitrogens is 2. The molecule has 0 aromatic carbocycles. The van der Waals surface area contributed by atoms with Crippen LogP contribution in [0.2, 0.25) is 0 Å². The molecule has 1 aromatic heterocycles. The number of nitrogens with zero attached hydrogens (tertiary/aromatic N) is 3. The fourth-order valence-corrected chi connectivity index (χ4v) is 1.10. The van der Waals surface area contributed by atoms with Gasteiger partial charge in [0.1, 0.15) is 5.82 Å². The van der Waals surface area contributed by atoms with E-state index in [9.17, 15) is 0 Å². The molecule has 0 amide bonds. The number of hydrogen-bond donors (Lipinski definition) is 0. The Kier molecular flexibility index (Phi) is 3.19. The maximum absolute atomic E-state index is 8.45. The molecule has 0 unspecified atom stereocenters. The number of hydrogen-bond acceptors (Lipinski definition) is 3. The third-order valence-electron chi connectivity index (χ3n) is 1.93. The van der Waals surface area contributed by atoms with Gasteiger partial charge in [0.05, 0.1) is 6.07 Å². The van der Waals surface area contributed by atoms with Crippen LogP contribution in [0.25, 0.3) is 0 Å². The van der Waals surface area contributed by atoms with Gasteiger partial charge in [-0.15, -0.1) is 0 Å². The maximum Gasteiger partial charge on any atom is 0.129 e. The van der Waals surface area contributed by atoms with Gasteiger partial charge < -0.3 is 0 Å². The molecule has 0 bridgehead atoms. The van der Waals surface area contributed by atoms with Crippen molar-refractivity contribution < 1.29 is 0 Å². The van der Waals surface area contributed by atoms with Crippen LogP contribution in [-0.4, -0.2) is 9.97 Å². The van der Waals surface area contributed by atoms with Gasteiger partial charge >= 0.3 is 0 Å². The van der Waals surface area contributed by atoms with Gasteiger partial charge in [0.25, 0.3) is 0 Å². The molecule has 14 heavy (non-hydrogen) atoms. The summed E-state index contributed by atoms with van der Waals surface area (Å²) in [6.07, 6.45) is 2.88. The van der Waals surface area contributed by atoms with Crippen LogP contribution in [-0.2, 0) is 11.8 Å². The number of aryl methyl sites for hydroxylation is 1. The van der Waals surface area contributed by atoms with Gasteiger partial charge in [-0.1, -0.05) is 20.8 Å². The minimum atomic E-state index is 0.0460. The summed E-state index contributed by atoms with van der Waals surface area (Å²) < 4.78 is 0. The van der Waals surface area contributed by atoms with Crippen LogP contribution in [0.1, 0.15) is 38.7 Å². The Hall–Kier alpha value is -1.43. The Morgan fingerprint density at radius 3 is 2.71 bits per heavy atom. The van der Waals surface area contributed by atoms with Crippen LogP contribution < -0.4 is 0 Å². The fraction of sp³-hybridized carbons (Fsp3) is 0.545. The Morgan fingerprint density at radius 1 is 1.43 bits per heavy atom. The van der Waals surface area contributed by atoms with E-state index >= 15 is 0 Å². The largest absolute Gasteiger partial charge is 0.241 e. The highest BCUT2D eigenvalue weighted by Gasteiger charge is 2.15. The number of rotatable bonds is 2. The zero-order valence-electron chi connectivity index (χ0n) is 8.91. The fourth-order valence-electron chi connectivity index (χ4n) is 1.10. The second-order valence-corrected chi connectivity index (χ2v) is 4.27. The molecule has 0 atom stereocenters. The Bertz CT molecular complexity index is 344. The number of nitriles is 1. The van der Waals surface area contributed by atoms with Gasteiger partial charge in [0.2, 0.25) is 0 Å². The van der Waals surface area contributed by atoms with E-state index in [0.717, 1.165) is 11.5 Å². The van der Waals surface area contributed by atoms with E-state index in [2.05, 4.69) is 36.8 Å². The van der Waals surface area contributed by atoms with Crippen molar-refractivity contribution in [3.63, 3.8) is 0 Å². The molecule has 0 saturated carbocycles. The topological polar surface area (TPSA) is 49.6 Å². The van der Waals surface area contributed by atoms with E-state index in [-0.39, 0.29) is 5.41 Å². The SMILES string of the molecule is CC(C)(C)c1ccnc(CCC#N)n1. The molecule has 3 heteroatoms. The first-order valence-electron chi connectivity index (χ1n) is 4.73. The van der Waals surface area contributed by atoms with Gasteiger partial charge in [0.15, 0.2) is 0 Å². The van der Waals surface area contributed by atoms with E-state index in [1.54, 1.807) is 6.20 Å². The van der Waals surface area contributed by atoms with Crippen molar-refractivity contribution in [1.29, 1.82) is 5.26 Å². The highest BCUT2D eigenvalue weighted by molar-refractivity contribution is 5.12. The van der Waals surface area contributed by atoms with Crippen molar-refractivity contribution in [2.24, 2.45) is 0 Å². The van der Waals surface area contributed by atoms with Gasteiger partial charge in [-0.3, -0.25) is 0 Å². The third kappa shape index (κ3) is 2.81. The van der Waals surface area contributed by atoms with Crippen molar-refractivity contribution in [2.75, 3.05) is 0 Å². The first kappa shape index (κ1) is 10.6. The molecule has 1 rings (SSSR count). The van der Waals surface area contributed by atoms with E-state index in [1.165, 1.54) is 0 Å². The lowest BCUT2D eigenvalue weighted by atomic mass is 9.92. The summed E-state index contributed by atoms with van der Waals surface area (Å²) in [5, 5.41) is 8.45. The standard InChI is InChI=1S/C11H15N3/c1-11(2,3)9-6-8-13-10(14-9)5-4-7-12/h6,8H,4-5H2,1-3H3. The second kappa shape index (κ2) is 4.19. The zero-order valence-corrected chi connectivity index (χ0v) is 8.91. The molecule has 0 aliphatic carbocycles. The van der Waals surface area contributed by atoms with E-state index < -0.39 is 0 Å². The first-order chi connectivity index (χ1) is 6.54. The summed E-state index contributed by atoms with van der Waals surface area (Å²) in [5.74, 6) is 0.763. The van der Waals surface area contributed by atoms with E-state index in [4.69, 9.17) is 5.26 Å². The summed E-state index contributed by atoms with van der Waals surface area (Å²) in [7, 11) is 0. The van der Waals surface area contributed by atoms with Crippen molar-refractivity contribution in [1.82, 2.24) is 9.97 Å². The van der Waals surface area contributed by atoms with Crippen LogP contribution in [0.3, 0.4) is 0 Å². The molecular formula is C11H15N3. The monoisotopic (exact) mass is 189 g/mol. The summed E-state index contributed by atoms with van der Waals surface area (Å²) in [6, 6.07) is 4.02. The zero-order chi connectivity index (χ0) is 10.6. The molecule has 1 heterocycles. The summed E-state index contributed by atoms with van der Waals surface area (Å²) in [5.41, 5.74) is 1.07.